The summed E-state index contributed by atoms with van der Waals surface area (Å²) in [4.78, 5) is 47.5. The summed E-state index contributed by atoms with van der Waals surface area (Å²) in [6.07, 6.45) is -1.18. The molecule has 11 heteroatoms. The number of hydrogen-bond acceptors (Lipinski definition) is 6. The van der Waals surface area contributed by atoms with Gasteiger partial charge in [-0.1, -0.05) is 66.7 Å². The van der Waals surface area contributed by atoms with Gasteiger partial charge in [-0.15, -0.1) is 0 Å². The molecule has 0 spiro atoms. The first kappa shape index (κ1) is 26.8. The van der Waals surface area contributed by atoms with Gasteiger partial charge in [0.25, 0.3) is 0 Å². The summed E-state index contributed by atoms with van der Waals surface area (Å²) in [5, 5.41) is 25.5. The Balaban J connectivity index is 1.73. The second kappa shape index (κ2) is 12.8. The van der Waals surface area contributed by atoms with Crippen molar-refractivity contribution in [2.24, 2.45) is 0 Å². The number of hydrogen-bond donors (Lipinski definition) is 3. The van der Waals surface area contributed by atoms with Gasteiger partial charge in [0.05, 0.1) is 4.92 Å². The van der Waals surface area contributed by atoms with E-state index in [1.54, 1.807) is 54.6 Å². The van der Waals surface area contributed by atoms with Crippen molar-refractivity contribution in [3.8, 4) is 0 Å². The number of carboxylic acid groups (broad SMARTS) is 1. The van der Waals surface area contributed by atoms with Gasteiger partial charge in [0, 0.05) is 18.9 Å². The summed E-state index contributed by atoms with van der Waals surface area (Å²) < 4.78 is 18.8. The third kappa shape index (κ3) is 8.13. The lowest BCUT2D eigenvalue weighted by Crippen LogP contribution is -2.53. The zero-order chi connectivity index (χ0) is 26.8. The van der Waals surface area contributed by atoms with Crippen LogP contribution in [0.25, 0.3) is 0 Å². The molecule has 0 aromatic heterocycles. The summed E-state index contributed by atoms with van der Waals surface area (Å²) >= 11 is 0. The number of aliphatic carboxylic acids is 1. The molecule has 3 aromatic rings. The second-order valence-corrected chi connectivity index (χ2v) is 8.09. The first-order chi connectivity index (χ1) is 17.7. The number of nitrogens with zero attached hydrogens (tertiary/aromatic N) is 1. The predicted molar refractivity (Wildman–Crippen MR) is 130 cm³/mol. The predicted octanol–water partition coefficient (Wildman–Crippen LogP) is 3.38. The van der Waals surface area contributed by atoms with E-state index >= 15 is 0 Å². The normalized spacial score (nSPS) is 12.1. The van der Waals surface area contributed by atoms with Crippen LogP contribution in [0.15, 0.2) is 78.9 Å². The third-order valence-corrected chi connectivity index (χ3v) is 5.37. The van der Waals surface area contributed by atoms with Crippen LogP contribution in [0, 0.1) is 15.9 Å². The second-order valence-electron chi connectivity index (χ2n) is 8.09. The maximum absolute atomic E-state index is 13.7. The average molecular weight is 509 g/mol. The minimum Gasteiger partial charge on any atom is -0.480 e. The molecule has 3 N–H and O–H groups in total. The van der Waals surface area contributed by atoms with E-state index in [1.165, 1.54) is 6.07 Å². The quantitative estimate of drug-likeness (QED) is 0.265. The van der Waals surface area contributed by atoms with Crippen LogP contribution in [0.5, 0.6) is 0 Å². The van der Waals surface area contributed by atoms with Crippen molar-refractivity contribution in [1.29, 1.82) is 0 Å². The van der Waals surface area contributed by atoms with Gasteiger partial charge in [-0.3, -0.25) is 14.9 Å². The van der Waals surface area contributed by atoms with Crippen molar-refractivity contribution < 1.29 is 33.5 Å². The van der Waals surface area contributed by atoms with E-state index in [9.17, 15) is 34.0 Å². The minimum atomic E-state index is -1.50. The van der Waals surface area contributed by atoms with Gasteiger partial charge in [0.2, 0.25) is 11.7 Å². The maximum Gasteiger partial charge on any atom is 0.408 e. The van der Waals surface area contributed by atoms with E-state index in [-0.39, 0.29) is 25.0 Å². The van der Waals surface area contributed by atoms with Gasteiger partial charge in [0.15, 0.2) is 0 Å². The molecule has 2 amide bonds. The van der Waals surface area contributed by atoms with Crippen molar-refractivity contribution in [2.45, 2.75) is 31.5 Å². The Kier molecular flexibility index (Phi) is 9.25. The SMILES string of the molecule is O=C(N[C@@H](Cc1ccccc1)C(=O)N[C@@H](Cc1ccc(F)c([N+](=O)[O-])c1)C(=O)O)OCc1ccccc1. The van der Waals surface area contributed by atoms with Crippen molar-refractivity contribution in [3.05, 3.63) is 111 Å². The molecule has 192 valence electrons. The van der Waals surface area contributed by atoms with Crippen LogP contribution in [0.2, 0.25) is 0 Å². The van der Waals surface area contributed by atoms with Crippen LogP contribution in [-0.4, -0.2) is 40.1 Å². The smallest absolute Gasteiger partial charge is 0.408 e. The first-order valence-electron chi connectivity index (χ1n) is 11.2. The molecule has 0 saturated heterocycles. The van der Waals surface area contributed by atoms with Gasteiger partial charge in [-0.25, -0.2) is 9.59 Å². The lowest BCUT2D eigenvalue weighted by atomic mass is 10.0. The zero-order valence-corrected chi connectivity index (χ0v) is 19.5. The number of carboxylic acids is 1. The number of nitro groups is 1. The minimum absolute atomic E-state index is 0.0343. The number of nitro benzene ring substituents is 1. The largest absolute Gasteiger partial charge is 0.480 e. The van der Waals surface area contributed by atoms with Crippen LogP contribution in [0.3, 0.4) is 0 Å². The van der Waals surface area contributed by atoms with Crippen molar-refractivity contribution >= 4 is 23.7 Å². The molecule has 0 saturated carbocycles. The fourth-order valence-electron chi connectivity index (χ4n) is 3.50. The number of amides is 2. The molecule has 37 heavy (non-hydrogen) atoms. The number of carbonyl (C=O) groups excluding carboxylic acids is 2. The average Bonchev–Trinajstić information content (AvgIpc) is 2.88. The van der Waals surface area contributed by atoms with Gasteiger partial charge in [-0.2, -0.15) is 4.39 Å². The van der Waals surface area contributed by atoms with Gasteiger partial charge < -0.3 is 20.5 Å². The van der Waals surface area contributed by atoms with Crippen molar-refractivity contribution in [1.82, 2.24) is 10.6 Å². The van der Waals surface area contributed by atoms with Crippen molar-refractivity contribution in [3.63, 3.8) is 0 Å². The number of halogens is 1. The van der Waals surface area contributed by atoms with Gasteiger partial charge in [0.1, 0.15) is 18.7 Å². The molecule has 0 radical (unpaired) electrons. The number of benzene rings is 3. The number of rotatable bonds is 11. The highest BCUT2D eigenvalue weighted by molar-refractivity contribution is 5.89. The van der Waals surface area contributed by atoms with Crippen LogP contribution >= 0.6 is 0 Å². The summed E-state index contributed by atoms with van der Waals surface area (Å²) in [6, 6.07) is 17.9. The lowest BCUT2D eigenvalue weighted by Gasteiger charge is -2.21. The zero-order valence-electron chi connectivity index (χ0n) is 19.5. The van der Waals surface area contributed by atoms with Crippen LogP contribution in [0.4, 0.5) is 14.9 Å². The molecule has 3 aromatic carbocycles. The van der Waals surface area contributed by atoms with Crippen LogP contribution < -0.4 is 10.6 Å². The number of alkyl carbamates (subject to hydrolysis) is 1. The van der Waals surface area contributed by atoms with Crippen LogP contribution in [-0.2, 0) is 33.8 Å². The van der Waals surface area contributed by atoms with Gasteiger partial charge in [-0.05, 0) is 22.8 Å². The van der Waals surface area contributed by atoms with E-state index < -0.39 is 46.5 Å². The Labute approximate surface area is 211 Å². The van der Waals surface area contributed by atoms with Gasteiger partial charge >= 0.3 is 17.7 Å². The number of carbonyl (C=O) groups is 3. The molecular formula is C26H24FN3O7. The Bertz CT molecular complexity index is 1260. The molecule has 0 unspecified atom stereocenters. The van der Waals surface area contributed by atoms with Crippen molar-refractivity contribution in [2.75, 3.05) is 0 Å². The molecular weight excluding hydrogens is 485 g/mol. The highest BCUT2D eigenvalue weighted by Gasteiger charge is 2.28. The van der Waals surface area contributed by atoms with E-state index in [4.69, 9.17) is 4.74 Å². The van der Waals surface area contributed by atoms with Crippen LogP contribution in [0.1, 0.15) is 16.7 Å². The summed E-state index contributed by atoms with van der Waals surface area (Å²) in [7, 11) is 0. The van der Waals surface area contributed by atoms with E-state index in [1.807, 2.05) is 6.07 Å². The van der Waals surface area contributed by atoms with E-state index in [0.717, 1.165) is 17.7 Å². The van der Waals surface area contributed by atoms with E-state index in [2.05, 4.69) is 10.6 Å². The first-order valence-corrected chi connectivity index (χ1v) is 11.2. The molecule has 0 fully saturated rings. The number of nitrogens with one attached hydrogen (secondary N) is 2. The molecule has 0 aliphatic carbocycles. The Morgan fingerprint density at radius 3 is 2.05 bits per heavy atom. The third-order valence-electron chi connectivity index (χ3n) is 5.37. The molecule has 0 heterocycles. The molecule has 0 aliphatic heterocycles. The monoisotopic (exact) mass is 509 g/mol. The molecule has 10 nitrogen and oxygen atoms in total. The highest BCUT2D eigenvalue weighted by atomic mass is 19.1. The fourth-order valence-corrected chi connectivity index (χ4v) is 3.50. The Morgan fingerprint density at radius 1 is 0.865 bits per heavy atom. The number of ether oxygens (including phenoxy) is 1. The Hall–Kier alpha value is -4.80. The molecule has 2 atom stereocenters. The summed E-state index contributed by atoms with van der Waals surface area (Å²) in [5.41, 5.74) is 0.765. The Morgan fingerprint density at radius 2 is 1.46 bits per heavy atom. The topological polar surface area (TPSA) is 148 Å². The van der Waals surface area contributed by atoms with E-state index in [0.29, 0.717) is 5.56 Å². The molecule has 0 aliphatic rings. The molecule has 3 rings (SSSR count). The lowest BCUT2D eigenvalue weighted by molar-refractivity contribution is -0.387. The fraction of sp³-hybridized carbons (Fsp3) is 0.192. The standard InChI is InChI=1S/C26H24FN3O7/c27-20-12-11-19(15-23(20)30(35)36)14-22(25(32)33)28-24(31)21(13-17-7-3-1-4-8-17)29-26(34)37-16-18-9-5-2-6-10-18/h1-12,15,21-22H,13-14,16H2,(H,28,31)(H,29,34)(H,32,33)/t21-,22-/m0/s1. The molecule has 0 bridgehead atoms. The highest BCUT2D eigenvalue weighted by Crippen LogP contribution is 2.19. The summed E-state index contributed by atoms with van der Waals surface area (Å²) in [6.45, 7) is -0.0343. The maximum atomic E-state index is 13.7. The summed E-state index contributed by atoms with van der Waals surface area (Å²) in [5.74, 6) is -3.28.